The Morgan fingerprint density at radius 2 is 2.06 bits per heavy atom. The molecule has 0 N–H and O–H groups in total. The van der Waals surface area contributed by atoms with Crippen LogP contribution in [0.3, 0.4) is 0 Å². The number of nitrogens with zero attached hydrogens (tertiary/aromatic N) is 3. The summed E-state index contributed by atoms with van der Waals surface area (Å²) >= 11 is 0. The van der Waals surface area contributed by atoms with Crippen LogP contribution in [0.1, 0.15) is 20.8 Å². The molecule has 1 aromatic rings. The minimum absolute atomic E-state index is 0.0128. The summed E-state index contributed by atoms with van der Waals surface area (Å²) < 4.78 is 1.86. The van der Waals surface area contributed by atoms with Gasteiger partial charge in [-0.2, -0.15) is 4.99 Å². The molecule has 0 aromatic carbocycles. The van der Waals surface area contributed by atoms with Crippen molar-refractivity contribution in [3.8, 4) is 0 Å². The maximum Gasteiger partial charge on any atom is 0.256 e. The Morgan fingerprint density at radius 3 is 2.61 bits per heavy atom. The maximum atomic E-state index is 12.2. The number of aryl methyl sites for hydroxylation is 1. The molecule has 1 saturated heterocycles. The van der Waals surface area contributed by atoms with Gasteiger partial charge < -0.3 is 4.57 Å². The van der Waals surface area contributed by atoms with Gasteiger partial charge >= 0.3 is 0 Å². The Bertz CT molecular complexity index is 510. The van der Waals surface area contributed by atoms with Gasteiger partial charge in [0, 0.05) is 32.4 Å². The van der Waals surface area contributed by atoms with E-state index in [1.165, 1.54) is 0 Å². The van der Waals surface area contributed by atoms with Crippen molar-refractivity contribution < 1.29 is 4.79 Å². The molecule has 2 heterocycles. The molecule has 0 aliphatic carbocycles. The topological polar surface area (TPSA) is 37.6 Å². The van der Waals surface area contributed by atoms with Crippen molar-refractivity contribution in [2.45, 2.75) is 26.8 Å². The minimum Gasteiger partial charge on any atom is -0.336 e. The Hall–Kier alpha value is -1.42. The Labute approximate surface area is 108 Å². The number of amides is 1. The Balaban J connectivity index is 2.15. The van der Waals surface area contributed by atoms with Gasteiger partial charge in [-0.1, -0.05) is 6.07 Å². The number of aromatic nitrogens is 1. The van der Waals surface area contributed by atoms with Crippen LogP contribution >= 0.6 is 0 Å². The molecule has 98 valence electrons. The molecule has 0 spiro atoms. The number of hydrogen-bond donors (Lipinski definition) is 0. The highest BCUT2D eigenvalue weighted by molar-refractivity contribution is 5.84. The van der Waals surface area contributed by atoms with Crippen LogP contribution < -0.4 is 5.49 Å². The lowest BCUT2D eigenvalue weighted by Crippen LogP contribution is -2.60. The van der Waals surface area contributed by atoms with Gasteiger partial charge in [-0.3, -0.25) is 9.69 Å². The summed E-state index contributed by atoms with van der Waals surface area (Å²) in [6.45, 7) is 7.92. The van der Waals surface area contributed by atoms with Gasteiger partial charge in [0.15, 0.2) is 0 Å². The van der Waals surface area contributed by atoms with Crippen LogP contribution in [-0.2, 0) is 11.8 Å². The van der Waals surface area contributed by atoms with Gasteiger partial charge in [-0.25, -0.2) is 0 Å². The van der Waals surface area contributed by atoms with Crippen LogP contribution in [0.15, 0.2) is 29.4 Å². The molecule has 1 fully saturated rings. The SMILES string of the molecule is CC(C)N1CC(C)(C(=O)N=c2ccccn2C)C1. The fourth-order valence-corrected chi connectivity index (χ4v) is 2.22. The van der Waals surface area contributed by atoms with E-state index < -0.39 is 0 Å². The van der Waals surface area contributed by atoms with E-state index >= 15 is 0 Å². The molecule has 0 bridgehead atoms. The molecule has 4 heteroatoms. The molecule has 2 rings (SSSR count). The third-order valence-electron chi connectivity index (χ3n) is 3.59. The molecule has 1 aromatic heterocycles. The first kappa shape index (κ1) is 13.0. The van der Waals surface area contributed by atoms with Gasteiger partial charge in [0.1, 0.15) is 5.49 Å². The van der Waals surface area contributed by atoms with Crippen LogP contribution in [0.25, 0.3) is 0 Å². The quantitative estimate of drug-likeness (QED) is 0.787. The highest BCUT2D eigenvalue weighted by Crippen LogP contribution is 2.32. The normalized spacial score (nSPS) is 19.9. The second-order valence-corrected chi connectivity index (χ2v) is 5.65. The molecule has 1 aliphatic heterocycles. The van der Waals surface area contributed by atoms with E-state index in [9.17, 15) is 4.79 Å². The van der Waals surface area contributed by atoms with Gasteiger partial charge in [0.25, 0.3) is 5.91 Å². The second-order valence-electron chi connectivity index (χ2n) is 5.65. The summed E-state index contributed by atoms with van der Waals surface area (Å²) in [5.41, 5.74) is 0.402. The number of hydrogen-bond acceptors (Lipinski definition) is 2. The standard InChI is InChI=1S/C14H21N3O/c1-11(2)17-9-14(3,10-17)13(18)15-12-7-5-6-8-16(12)4/h5-8,11H,9-10H2,1-4H3. The third-order valence-corrected chi connectivity index (χ3v) is 3.59. The number of likely N-dealkylation sites (tertiary alicyclic amines) is 1. The average molecular weight is 247 g/mol. The number of carbonyl (C=O) groups is 1. The van der Waals surface area contributed by atoms with Crippen molar-refractivity contribution in [3.05, 3.63) is 29.9 Å². The smallest absolute Gasteiger partial charge is 0.256 e. The average Bonchev–Trinajstić information content (AvgIpc) is 2.27. The van der Waals surface area contributed by atoms with Crippen LogP contribution in [0, 0.1) is 5.41 Å². The highest BCUT2D eigenvalue weighted by atomic mass is 16.1. The van der Waals surface area contributed by atoms with Gasteiger partial charge in [0.2, 0.25) is 0 Å². The van der Waals surface area contributed by atoms with E-state index in [1.54, 1.807) is 0 Å². The fraction of sp³-hybridized carbons (Fsp3) is 0.571. The van der Waals surface area contributed by atoms with Crippen LogP contribution in [0.5, 0.6) is 0 Å². The number of carbonyl (C=O) groups excluding carboxylic acids is 1. The highest BCUT2D eigenvalue weighted by Gasteiger charge is 2.45. The van der Waals surface area contributed by atoms with Crippen molar-refractivity contribution in [1.29, 1.82) is 0 Å². The predicted octanol–water partition coefficient (Wildman–Crippen LogP) is 1.18. The zero-order valence-corrected chi connectivity index (χ0v) is 11.6. The molecule has 1 amide bonds. The van der Waals surface area contributed by atoms with E-state index in [0.717, 1.165) is 13.1 Å². The maximum absolute atomic E-state index is 12.2. The first-order chi connectivity index (χ1) is 8.42. The molecular formula is C14H21N3O. The van der Waals surface area contributed by atoms with Crippen LogP contribution in [0.2, 0.25) is 0 Å². The van der Waals surface area contributed by atoms with Crippen molar-refractivity contribution in [2.75, 3.05) is 13.1 Å². The van der Waals surface area contributed by atoms with E-state index in [0.29, 0.717) is 11.5 Å². The van der Waals surface area contributed by atoms with E-state index in [-0.39, 0.29) is 11.3 Å². The first-order valence-corrected chi connectivity index (χ1v) is 6.37. The number of pyridine rings is 1. The van der Waals surface area contributed by atoms with Gasteiger partial charge in [0.05, 0.1) is 5.41 Å². The van der Waals surface area contributed by atoms with Crippen LogP contribution in [0.4, 0.5) is 0 Å². The fourth-order valence-electron chi connectivity index (χ4n) is 2.22. The van der Waals surface area contributed by atoms with E-state index in [1.807, 2.05) is 42.9 Å². The third kappa shape index (κ3) is 2.38. The minimum atomic E-state index is -0.312. The summed E-state index contributed by atoms with van der Waals surface area (Å²) in [6.07, 6.45) is 1.90. The summed E-state index contributed by atoms with van der Waals surface area (Å²) in [5.74, 6) is -0.0128. The van der Waals surface area contributed by atoms with Crippen molar-refractivity contribution in [2.24, 2.45) is 17.5 Å². The Morgan fingerprint density at radius 1 is 1.39 bits per heavy atom. The van der Waals surface area contributed by atoms with Gasteiger partial charge in [-0.05, 0) is 32.9 Å². The zero-order valence-electron chi connectivity index (χ0n) is 11.6. The molecule has 0 unspecified atom stereocenters. The second kappa shape index (κ2) is 4.69. The molecule has 18 heavy (non-hydrogen) atoms. The van der Waals surface area contributed by atoms with E-state index in [2.05, 4.69) is 23.7 Å². The molecule has 0 atom stereocenters. The molecule has 1 aliphatic rings. The Kier molecular flexibility index (Phi) is 3.39. The largest absolute Gasteiger partial charge is 0.336 e. The number of rotatable bonds is 2. The monoisotopic (exact) mass is 247 g/mol. The molecule has 4 nitrogen and oxygen atoms in total. The van der Waals surface area contributed by atoms with E-state index in [4.69, 9.17) is 0 Å². The lowest BCUT2D eigenvalue weighted by molar-refractivity contribution is -0.138. The molecular weight excluding hydrogens is 226 g/mol. The lowest BCUT2D eigenvalue weighted by Gasteiger charge is -2.47. The summed E-state index contributed by atoms with van der Waals surface area (Å²) in [4.78, 5) is 18.8. The van der Waals surface area contributed by atoms with Gasteiger partial charge in [-0.15, -0.1) is 0 Å². The molecule has 0 saturated carbocycles. The summed E-state index contributed by atoms with van der Waals surface area (Å²) in [7, 11) is 1.90. The van der Waals surface area contributed by atoms with Crippen LogP contribution in [-0.4, -0.2) is 34.5 Å². The lowest BCUT2D eigenvalue weighted by atomic mass is 9.80. The zero-order chi connectivity index (χ0) is 13.3. The van der Waals surface area contributed by atoms with Crippen molar-refractivity contribution in [3.63, 3.8) is 0 Å². The summed E-state index contributed by atoms with van der Waals surface area (Å²) in [5, 5.41) is 0. The molecule has 0 radical (unpaired) electrons. The van der Waals surface area contributed by atoms with Crippen molar-refractivity contribution >= 4 is 5.91 Å². The van der Waals surface area contributed by atoms with Crippen molar-refractivity contribution in [1.82, 2.24) is 9.47 Å². The first-order valence-electron chi connectivity index (χ1n) is 6.37. The summed E-state index contributed by atoms with van der Waals surface area (Å²) in [6, 6.07) is 6.18. The predicted molar refractivity (Wildman–Crippen MR) is 70.8 cm³/mol.